The van der Waals surface area contributed by atoms with Crippen LogP contribution < -0.4 is 5.32 Å². The van der Waals surface area contributed by atoms with Gasteiger partial charge in [-0.15, -0.1) is 0 Å². The summed E-state index contributed by atoms with van der Waals surface area (Å²) in [5.41, 5.74) is 0. The lowest BCUT2D eigenvalue weighted by molar-refractivity contribution is -0.124. The number of rotatable bonds is 0. The van der Waals surface area contributed by atoms with E-state index < -0.39 is 6.10 Å². The van der Waals surface area contributed by atoms with E-state index in [0.717, 1.165) is 0 Å². The van der Waals surface area contributed by atoms with Gasteiger partial charge in [-0.1, -0.05) is 13.8 Å². The molecule has 0 aromatic rings. The highest BCUT2D eigenvalue weighted by Crippen LogP contribution is 2.00. The summed E-state index contributed by atoms with van der Waals surface area (Å²) in [6.07, 6.45) is 0.579. The lowest BCUT2D eigenvalue weighted by Gasteiger charge is -2.15. The fourth-order valence-corrected chi connectivity index (χ4v) is 0.766. The molecule has 1 heterocycles. The Balaban J connectivity index is 0. The van der Waals surface area contributed by atoms with Crippen molar-refractivity contribution in [3.05, 3.63) is 0 Å². The average Bonchev–Trinajstić information content (AvgIpc) is 1.91. The number of piperidine rings is 1. The van der Waals surface area contributed by atoms with Crippen molar-refractivity contribution in [2.75, 3.05) is 6.54 Å². The van der Waals surface area contributed by atoms with Crippen LogP contribution in [0.15, 0.2) is 0 Å². The molecule has 1 aliphatic rings. The molecule has 0 radical (unpaired) electrons. The number of carbonyl (C=O) groups excluding carboxylic acids is 1. The zero-order chi connectivity index (χ0) is 7.98. The molecule has 10 heavy (non-hydrogen) atoms. The smallest absolute Gasteiger partial charge is 0.222 e. The Labute approximate surface area is 62.9 Å². The number of aliphatic hydroxyl groups excluding tert-OH is 1. The van der Waals surface area contributed by atoms with Gasteiger partial charge in [0.2, 0.25) is 5.91 Å². The summed E-state index contributed by atoms with van der Waals surface area (Å²) >= 11 is 0. The van der Waals surface area contributed by atoms with Gasteiger partial charge >= 0.3 is 0 Å². The maximum Gasteiger partial charge on any atom is 0.222 e. The van der Waals surface area contributed by atoms with Crippen molar-refractivity contribution in [3.63, 3.8) is 0 Å². The van der Waals surface area contributed by atoms with Gasteiger partial charge in [-0.3, -0.25) is 4.79 Å². The summed E-state index contributed by atoms with van der Waals surface area (Å²) in [5, 5.41) is 11.4. The van der Waals surface area contributed by atoms with E-state index >= 15 is 0 Å². The molecule has 0 aliphatic carbocycles. The summed E-state index contributed by atoms with van der Waals surface area (Å²) in [4.78, 5) is 10.4. The molecule has 3 heteroatoms. The largest absolute Gasteiger partial charge is 0.393 e. The lowest BCUT2D eigenvalue weighted by Crippen LogP contribution is -2.35. The van der Waals surface area contributed by atoms with E-state index in [4.69, 9.17) is 5.11 Å². The van der Waals surface area contributed by atoms with Gasteiger partial charge in [-0.05, 0) is 6.42 Å². The number of hydrogen-bond acceptors (Lipinski definition) is 2. The van der Waals surface area contributed by atoms with E-state index in [0.29, 0.717) is 13.0 Å². The standard InChI is InChI=1S/C5H9NO2.C2H6.H2/c7-4-1-2-6-5(8)3-4;1-2;/h4,7H,1-3H2,(H,6,8);1-2H3;1H. The second kappa shape index (κ2) is 5.23. The normalized spacial score (nSPS) is 24.3. The molecule has 62 valence electrons. The van der Waals surface area contributed by atoms with Crippen molar-refractivity contribution in [3.8, 4) is 0 Å². The molecule has 0 saturated carbocycles. The first kappa shape index (κ1) is 9.43. The van der Waals surface area contributed by atoms with Gasteiger partial charge in [0.1, 0.15) is 0 Å². The van der Waals surface area contributed by atoms with Crippen LogP contribution in [0.2, 0.25) is 0 Å². The van der Waals surface area contributed by atoms with Gasteiger partial charge in [0, 0.05) is 7.97 Å². The molecule has 0 spiro atoms. The highest BCUT2D eigenvalue weighted by molar-refractivity contribution is 5.77. The second-order valence-corrected chi connectivity index (χ2v) is 2.00. The van der Waals surface area contributed by atoms with Crippen LogP contribution in [-0.2, 0) is 4.79 Å². The van der Waals surface area contributed by atoms with Gasteiger partial charge in [-0.2, -0.15) is 0 Å². The van der Waals surface area contributed by atoms with Crippen molar-refractivity contribution in [1.82, 2.24) is 5.32 Å². The third-order valence-electron chi connectivity index (χ3n) is 1.22. The molecule has 0 bridgehead atoms. The molecule has 1 fully saturated rings. The maximum absolute atomic E-state index is 10.4. The summed E-state index contributed by atoms with van der Waals surface area (Å²) < 4.78 is 0. The summed E-state index contributed by atoms with van der Waals surface area (Å²) in [5.74, 6) is -0.0382. The fraction of sp³-hybridized carbons (Fsp3) is 0.857. The van der Waals surface area contributed by atoms with Gasteiger partial charge in [0.05, 0.1) is 12.5 Å². The Hall–Kier alpha value is -0.570. The zero-order valence-electron chi connectivity index (χ0n) is 6.55. The fourth-order valence-electron chi connectivity index (χ4n) is 0.766. The van der Waals surface area contributed by atoms with Crippen LogP contribution in [0.1, 0.15) is 28.1 Å². The number of nitrogens with one attached hydrogen (secondary N) is 1. The lowest BCUT2D eigenvalue weighted by atomic mass is 10.1. The topological polar surface area (TPSA) is 49.3 Å². The molecular weight excluding hydrogens is 130 g/mol. The summed E-state index contributed by atoms with van der Waals surface area (Å²) in [7, 11) is 0. The number of aliphatic hydroxyl groups is 1. The molecule has 1 rings (SSSR count). The maximum atomic E-state index is 10.4. The van der Waals surface area contributed by atoms with E-state index in [1.165, 1.54) is 0 Å². The van der Waals surface area contributed by atoms with E-state index in [1.807, 2.05) is 13.8 Å². The van der Waals surface area contributed by atoms with Gasteiger partial charge in [0.25, 0.3) is 0 Å². The molecule has 1 aliphatic heterocycles. The zero-order valence-corrected chi connectivity index (χ0v) is 6.55. The van der Waals surface area contributed by atoms with Gasteiger partial charge in [0.15, 0.2) is 0 Å². The SMILES string of the molecule is CC.O=C1CC(O)CCN1.[HH]. The van der Waals surface area contributed by atoms with E-state index in [1.54, 1.807) is 0 Å². The quantitative estimate of drug-likeness (QED) is 0.525. The van der Waals surface area contributed by atoms with Crippen molar-refractivity contribution in [2.45, 2.75) is 32.8 Å². The Kier molecular flexibility index (Phi) is 4.94. The Morgan fingerprint density at radius 1 is 1.70 bits per heavy atom. The predicted octanol–water partition coefficient (Wildman–Crippen LogP) is 0.529. The third kappa shape index (κ3) is 3.45. The van der Waals surface area contributed by atoms with Crippen LogP contribution in [0.3, 0.4) is 0 Å². The van der Waals surface area contributed by atoms with E-state index in [-0.39, 0.29) is 13.8 Å². The van der Waals surface area contributed by atoms with Crippen LogP contribution in [0.25, 0.3) is 0 Å². The molecule has 0 aromatic heterocycles. The van der Waals surface area contributed by atoms with Crippen LogP contribution in [0.5, 0.6) is 0 Å². The van der Waals surface area contributed by atoms with Crippen molar-refractivity contribution in [1.29, 1.82) is 0 Å². The van der Waals surface area contributed by atoms with Crippen molar-refractivity contribution in [2.24, 2.45) is 0 Å². The van der Waals surface area contributed by atoms with Crippen LogP contribution >= 0.6 is 0 Å². The van der Waals surface area contributed by atoms with Crippen molar-refractivity contribution < 1.29 is 11.3 Å². The van der Waals surface area contributed by atoms with Gasteiger partial charge < -0.3 is 10.4 Å². The average molecular weight is 147 g/mol. The molecular formula is C7H17NO2. The summed E-state index contributed by atoms with van der Waals surface area (Å²) in [6.45, 7) is 4.62. The highest BCUT2D eigenvalue weighted by Gasteiger charge is 2.14. The van der Waals surface area contributed by atoms with Crippen molar-refractivity contribution >= 4 is 5.91 Å². The minimum atomic E-state index is -0.399. The van der Waals surface area contributed by atoms with Crippen LogP contribution in [0.4, 0.5) is 0 Å². The predicted molar refractivity (Wildman–Crippen MR) is 41.7 cm³/mol. The molecule has 1 amide bonds. The monoisotopic (exact) mass is 147 g/mol. The first-order valence-corrected chi connectivity index (χ1v) is 3.74. The van der Waals surface area contributed by atoms with Crippen LogP contribution in [0, 0.1) is 0 Å². The minimum absolute atomic E-state index is 0. The molecule has 1 saturated heterocycles. The molecule has 3 nitrogen and oxygen atoms in total. The van der Waals surface area contributed by atoms with E-state index in [2.05, 4.69) is 5.32 Å². The van der Waals surface area contributed by atoms with Crippen LogP contribution in [-0.4, -0.2) is 23.7 Å². The Bertz CT molecular complexity index is 109. The third-order valence-corrected chi connectivity index (χ3v) is 1.22. The first-order chi connectivity index (χ1) is 4.79. The Morgan fingerprint density at radius 2 is 2.30 bits per heavy atom. The number of carbonyl (C=O) groups is 1. The molecule has 0 aromatic carbocycles. The molecule has 1 atom stereocenters. The number of amides is 1. The second-order valence-electron chi connectivity index (χ2n) is 2.00. The summed E-state index contributed by atoms with van der Waals surface area (Å²) in [6, 6.07) is 0. The highest BCUT2D eigenvalue weighted by atomic mass is 16.3. The molecule has 1 unspecified atom stereocenters. The van der Waals surface area contributed by atoms with E-state index in [9.17, 15) is 4.79 Å². The number of hydrogen-bond donors (Lipinski definition) is 2. The molecule has 2 N–H and O–H groups in total. The first-order valence-electron chi connectivity index (χ1n) is 3.74. The minimum Gasteiger partial charge on any atom is -0.393 e. The Morgan fingerprint density at radius 3 is 2.60 bits per heavy atom. The van der Waals surface area contributed by atoms with Gasteiger partial charge in [-0.25, -0.2) is 0 Å².